The van der Waals surface area contributed by atoms with Gasteiger partial charge in [0.1, 0.15) is 0 Å². The fraction of sp³-hybridized carbons (Fsp3) is 1.00. The molecule has 0 radical (unpaired) electrons. The molecular weight excluding hydrogens is 166 g/mol. The van der Waals surface area contributed by atoms with Gasteiger partial charge in [-0.3, -0.25) is 0 Å². The summed E-state index contributed by atoms with van der Waals surface area (Å²) in [6.07, 6.45) is 3.73. The van der Waals surface area contributed by atoms with Crippen molar-refractivity contribution in [3.63, 3.8) is 0 Å². The Morgan fingerprint density at radius 1 is 1.50 bits per heavy atom. The molecule has 1 atom stereocenters. The number of nitrogens with one attached hydrogen (secondary N) is 1. The van der Waals surface area contributed by atoms with Gasteiger partial charge in [-0.05, 0) is 19.3 Å². The maximum absolute atomic E-state index is 5.56. The van der Waals surface area contributed by atoms with Crippen LogP contribution < -0.4 is 5.32 Å². The fourth-order valence-electron chi connectivity index (χ4n) is 1.09. The van der Waals surface area contributed by atoms with E-state index in [9.17, 15) is 0 Å². The molecule has 60 valence electrons. The van der Waals surface area contributed by atoms with Crippen molar-refractivity contribution < 1.29 is 0 Å². The fourth-order valence-corrected chi connectivity index (χ4v) is 2.37. The lowest BCUT2D eigenvalue weighted by Gasteiger charge is -2.06. The number of alkyl halides is 1. The first-order chi connectivity index (χ1) is 4.93. The molecule has 0 spiro atoms. The highest BCUT2D eigenvalue weighted by Gasteiger charge is 2.12. The molecule has 0 bridgehead atoms. The molecule has 3 heteroatoms. The average Bonchev–Trinajstić information content (AvgIpc) is 2.41. The highest BCUT2D eigenvalue weighted by atomic mass is 35.5. The van der Waals surface area contributed by atoms with E-state index < -0.39 is 0 Å². The number of unbranched alkanes of at least 4 members (excludes halogenated alkanes) is 1. The monoisotopic (exact) mass is 179 g/mol. The average molecular weight is 180 g/mol. The molecule has 1 aliphatic rings. The Bertz CT molecular complexity index is 83.7. The topological polar surface area (TPSA) is 12.0 Å². The third-order valence-electron chi connectivity index (χ3n) is 1.64. The zero-order valence-corrected chi connectivity index (χ0v) is 7.68. The SMILES string of the molecule is ClCCCCC1NCCS1. The van der Waals surface area contributed by atoms with Gasteiger partial charge in [-0.1, -0.05) is 0 Å². The summed E-state index contributed by atoms with van der Waals surface area (Å²) < 4.78 is 0. The predicted molar refractivity (Wildman–Crippen MR) is 48.8 cm³/mol. The van der Waals surface area contributed by atoms with E-state index in [-0.39, 0.29) is 0 Å². The third-order valence-corrected chi connectivity index (χ3v) is 3.15. The molecule has 1 nitrogen and oxygen atoms in total. The van der Waals surface area contributed by atoms with Crippen molar-refractivity contribution in [2.75, 3.05) is 18.2 Å². The largest absolute Gasteiger partial charge is 0.305 e. The Morgan fingerprint density at radius 3 is 3.00 bits per heavy atom. The molecule has 0 saturated carbocycles. The molecule has 1 unspecified atom stereocenters. The van der Waals surface area contributed by atoms with E-state index in [4.69, 9.17) is 11.6 Å². The van der Waals surface area contributed by atoms with Crippen LogP contribution in [0.5, 0.6) is 0 Å². The summed E-state index contributed by atoms with van der Waals surface area (Å²) in [6, 6.07) is 0. The summed E-state index contributed by atoms with van der Waals surface area (Å²) in [7, 11) is 0. The van der Waals surface area contributed by atoms with Crippen molar-refractivity contribution >= 4 is 23.4 Å². The standard InChI is InChI=1S/C7H14ClNS/c8-4-2-1-3-7-9-5-6-10-7/h7,9H,1-6H2. The second-order valence-electron chi connectivity index (χ2n) is 2.50. The van der Waals surface area contributed by atoms with E-state index in [2.05, 4.69) is 5.32 Å². The molecular formula is C7H14ClNS. The number of hydrogen-bond acceptors (Lipinski definition) is 2. The van der Waals surface area contributed by atoms with E-state index in [1.54, 1.807) is 0 Å². The van der Waals surface area contributed by atoms with Crippen LogP contribution in [-0.4, -0.2) is 23.6 Å². The summed E-state index contributed by atoms with van der Waals surface area (Å²) in [5.41, 5.74) is 0. The van der Waals surface area contributed by atoms with Crippen LogP contribution in [0, 0.1) is 0 Å². The van der Waals surface area contributed by atoms with Crippen molar-refractivity contribution in [1.82, 2.24) is 5.32 Å². The molecule has 0 aliphatic carbocycles. The molecule has 1 aliphatic heterocycles. The maximum atomic E-state index is 5.56. The van der Waals surface area contributed by atoms with Crippen molar-refractivity contribution in [2.24, 2.45) is 0 Å². The van der Waals surface area contributed by atoms with Gasteiger partial charge in [0.05, 0.1) is 5.37 Å². The minimum Gasteiger partial charge on any atom is -0.305 e. The maximum Gasteiger partial charge on any atom is 0.0532 e. The second-order valence-corrected chi connectivity index (χ2v) is 4.19. The number of rotatable bonds is 4. The summed E-state index contributed by atoms with van der Waals surface area (Å²) in [5.74, 6) is 2.10. The molecule has 0 amide bonds. The molecule has 0 aromatic carbocycles. The minimum atomic E-state index is 0.725. The van der Waals surface area contributed by atoms with Crippen molar-refractivity contribution in [2.45, 2.75) is 24.6 Å². The van der Waals surface area contributed by atoms with Gasteiger partial charge < -0.3 is 5.32 Å². The summed E-state index contributed by atoms with van der Waals surface area (Å²) in [5, 5.41) is 4.16. The molecule has 10 heavy (non-hydrogen) atoms. The van der Waals surface area contributed by atoms with E-state index in [0.717, 1.165) is 11.3 Å². The Balaban J connectivity index is 1.91. The zero-order chi connectivity index (χ0) is 7.23. The lowest BCUT2D eigenvalue weighted by atomic mass is 10.2. The normalized spacial score (nSPS) is 25.5. The van der Waals surface area contributed by atoms with Gasteiger partial charge in [-0.2, -0.15) is 0 Å². The minimum absolute atomic E-state index is 0.725. The van der Waals surface area contributed by atoms with Crippen LogP contribution in [-0.2, 0) is 0 Å². The molecule has 1 saturated heterocycles. The smallest absolute Gasteiger partial charge is 0.0532 e. The summed E-state index contributed by atoms with van der Waals surface area (Å²) in [6.45, 7) is 1.19. The van der Waals surface area contributed by atoms with E-state index in [1.807, 2.05) is 11.8 Å². The molecule has 0 aromatic heterocycles. The summed E-state index contributed by atoms with van der Waals surface area (Å²) in [4.78, 5) is 0. The highest BCUT2D eigenvalue weighted by Crippen LogP contribution is 2.18. The first-order valence-corrected chi connectivity index (χ1v) is 5.43. The first-order valence-electron chi connectivity index (χ1n) is 3.84. The van der Waals surface area contributed by atoms with Gasteiger partial charge in [-0.25, -0.2) is 0 Å². The number of hydrogen-bond donors (Lipinski definition) is 1. The van der Waals surface area contributed by atoms with Gasteiger partial charge in [0.25, 0.3) is 0 Å². The number of thioether (sulfide) groups is 1. The van der Waals surface area contributed by atoms with E-state index >= 15 is 0 Å². The predicted octanol–water partition coefficient (Wildman–Crippen LogP) is 2.06. The second kappa shape index (κ2) is 5.28. The quantitative estimate of drug-likeness (QED) is 0.524. The third kappa shape index (κ3) is 3.13. The Morgan fingerprint density at radius 2 is 2.40 bits per heavy atom. The van der Waals surface area contributed by atoms with Crippen LogP contribution in [0.4, 0.5) is 0 Å². The molecule has 1 fully saturated rings. The first kappa shape index (κ1) is 8.69. The molecule has 0 aromatic rings. The number of halogens is 1. The van der Waals surface area contributed by atoms with Crippen molar-refractivity contribution in [3.05, 3.63) is 0 Å². The molecule has 1 rings (SSSR count). The van der Waals surface area contributed by atoms with Gasteiger partial charge in [0.15, 0.2) is 0 Å². The zero-order valence-electron chi connectivity index (χ0n) is 6.11. The Labute approximate surface area is 71.9 Å². The van der Waals surface area contributed by atoms with Crippen molar-refractivity contribution in [3.8, 4) is 0 Å². The lowest BCUT2D eigenvalue weighted by molar-refractivity contribution is 0.620. The molecule has 1 N–H and O–H groups in total. The van der Waals surface area contributed by atoms with Crippen LogP contribution in [0.15, 0.2) is 0 Å². The van der Waals surface area contributed by atoms with E-state index in [0.29, 0.717) is 0 Å². The van der Waals surface area contributed by atoms with Gasteiger partial charge in [-0.15, -0.1) is 23.4 Å². The summed E-state index contributed by atoms with van der Waals surface area (Å²) >= 11 is 7.60. The Kier molecular flexibility index (Phi) is 4.59. The van der Waals surface area contributed by atoms with Crippen LogP contribution in [0.2, 0.25) is 0 Å². The van der Waals surface area contributed by atoms with Gasteiger partial charge in [0, 0.05) is 18.2 Å². The van der Waals surface area contributed by atoms with Crippen LogP contribution in [0.3, 0.4) is 0 Å². The Hall–Kier alpha value is 0.600. The lowest BCUT2D eigenvalue weighted by Crippen LogP contribution is -2.19. The van der Waals surface area contributed by atoms with Crippen LogP contribution >= 0.6 is 23.4 Å². The van der Waals surface area contributed by atoms with Gasteiger partial charge >= 0.3 is 0 Å². The van der Waals surface area contributed by atoms with Gasteiger partial charge in [0.2, 0.25) is 0 Å². The highest BCUT2D eigenvalue weighted by molar-refractivity contribution is 8.00. The van der Waals surface area contributed by atoms with Crippen molar-refractivity contribution in [1.29, 1.82) is 0 Å². The van der Waals surface area contributed by atoms with Crippen LogP contribution in [0.1, 0.15) is 19.3 Å². The van der Waals surface area contributed by atoms with Crippen LogP contribution in [0.25, 0.3) is 0 Å². The van der Waals surface area contributed by atoms with E-state index in [1.165, 1.54) is 31.6 Å². The molecule has 1 heterocycles.